The zero-order valence-electron chi connectivity index (χ0n) is 15.8. The first kappa shape index (κ1) is 20.2. The third-order valence-corrected chi connectivity index (χ3v) is 5.14. The Bertz CT molecular complexity index is 862. The molecule has 0 spiro atoms. The van der Waals surface area contributed by atoms with Gasteiger partial charge >= 0.3 is 12.1 Å². The molecule has 150 valence electrons. The minimum atomic E-state index is -4.58. The topological polar surface area (TPSA) is 46.5 Å². The van der Waals surface area contributed by atoms with Gasteiger partial charge in [0.1, 0.15) is 11.5 Å². The Morgan fingerprint density at radius 1 is 1.18 bits per heavy atom. The summed E-state index contributed by atoms with van der Waals surface area (Å²) in [5.74, 6) is -1.20. The highest BCUT2D eigenvalue weighted by Crippen LogP contribution is 2.41. The van der Waals surface area contributed by atoms with Crippen molar-refractivity contribution in [1.82, 2.24) is 0 Å². The van der Waals surface area contributed by atoms with Crippen LogP contribution in [0.5, 0.6) is 0 Å². The number of rotatable bonds is 5. The average Bonchev–Trinajstić information content (AvgIpc) is 2.60. The Kier molecular flexibility index (Phi) is 5.68. The molecule has 1 N–H and O–H groups in total. The Balaban J connectivity index is 2.01. The number of hydrogen-bond donors (Lipinski definition) is 1. The van der Waals surface area contributed by atoms with Gasteiger partial charge in [-0.25, -0.2) is 4.79 Å². The first-order chi connectivity index (χ1) is 13.2. The van der Waals surface area contributed by atoms with Crippen molar-refractivity contribution in [3.8, 4) is 0 Å². The largest absolute Gasteiger partial charge is 0.508 e. The van der Waals surface area contributed by atoms with Crippen molar-refractivity contribution in [1.29, 1.82) is 0 Å². The molecule has 3 rings (SSSR count). The van der Waals surface area contributed by atoms with E-state index in [1.54, 1.807) is 12.1 Å². The fourth-order valence-electron chi connectivity index (χ4n) is 3.66. The maximum atomic E-state index is 13.7. The van der Waals surface area contributed by atoms with Crippen LogP contribution >= 0.6 is 0 Å². The average molecular weight is 392 g/mol. The van der Waals surface area contributed by atoms with Gasteiger partial charge in [-0.15, -0.1) is 0 Å². The number of aliphatic hydroxyl groups is 1. The molecule has 0 bridgehead atoms. The molecule has 1 aromatic carbocycles. The van der Waals surface area contributed by atoms with E-state index in [1.807, 2.05) is 13.8 Å². The number of hydrogen-bond acceptors (Lipinski definition) is 3. The lowest BCUT2D eigenvalue weighted by Crippen LogP contribution is -2.26. The standard InChI is InChI=1S/C22H23F3O3/c1-3-4-5-6-14-7-8-16(19(10-14)22(23,24)25)18-12-17-13(2)9-15(26)11-20(17)28-21(18)27/h7-13,17,26H,3-6H2,1-2H3. The quantitative estimate of drug-likeness (QED) is 0.496. The first-order valence-corrected chi connectivity index (χ1v) is 9.47. The smallest absolute Gasteiger partial charge is 0.417 e. The minimum Gasteiger partial charge on any atom is -0.508 e. The number of alkyl halides is 3. The number of aliphatic hydroxyl groups excluding tert-OH is 1. The monoisotopic (exact) mass is 392 g/mol. The molecule has 2 atom stereocenters. The zero-order chi connectivity index (χ0) is 20.5. The van der Waals surface area contributed by atoms with E-state index in [-0.39, 0.29) is 28.6 Å². The van der Waals surface area contributed by atoms with E-state index in [9.17, 15) is 23.1 Å². The van der Waals surface area contributed by atoms with Crippen LogP contribution in [0.2, 0.25) is 0 Å². The summed E-state index contributed by atoms with van der Waals surface area (Å²) in [5.41, 5.74) is -0.467. The summed E-state index contributed by atoms with van der Waals surface area (Å²) in [5, 5.41) is 9.68. The molecule has 3 nitrogen and oxygen atoms in total. The number of ether oxygens (including phenoxy) is 1. The summed E-state index contributed by atoms with van der Waals surface area (Å²) >= 11 is 0. The Hall–Kier alpha value is -2.50. The summed E-state index contributed by atoms with van der Waals surface area (Å²) in [4.78, 5) is 12.4. The number of allylic oxidation sites excluding steroid dienone is 3. The summed E-state index contributed by atoms with van der Waals surface area (Å²) in [6.45, 7) is 3.85. The molecule has 6 heteroatoms. The minimum absolute atomic E-state index is 0.0178. The molecule has 2 unspecified atom stereocenters. The summed E-state index contributed by atoms with van der Waals surface area (Å²) in [7, 11) is 0. The highest BCUT2D eigenvalue weighted by molar-refractivity contribution is 6.18. The highest BCUT2D eigenvalue weighted by atomic mass is 19.4. The summed E-state index contributed by atoms with van der Waals surface area (Å²) in [6.07, 6.45) is 3.19. The Labute approximate surface area is 162 Å². The van der Waals surface area contributed by atoms with E-state index in [0.29, 0.717) is 12.0 Å². The van der Waals surface area contributed by atoms with Gasteiger partial charge in [0.25, 0.3) is 0 Å². The van der Waals surface area contributed by atoms with Crippen LogP contribution in [0, 0.1) is 11.8 Å². The predicted molar refractivity (Wildman–Crippen MR) is 100 cm³/mol. The van der Waals surface area contributed by atoms with Crippen molar-refractivity contribution in [3.63, 3.8) is 0 Å². The number of halogens is 3. The molecule has 0 saturated heterocycles. The molecule has 1 aromatic rings. The lowest BCUT2D eigenvalue weighted by atomic mass is 9.82. The van der Waals surface area contributed by atoms with E-state index in [0.717, 1.165) is 25.3 Å². The van der Waals surface area contributed by atoms with Gasteiger partial charge in [-0.1, -0.05) is 44.9 Å². The fourth-order valence-corrected chi connectivity index (χ4v) is 3.66. The van der Waals surface area contributed by atoms with Gasteiger partial charge in [-0.2, -0.15) is 13.2 Å². The van der Waals surface area contributed by atoms with E-state index in [4.69, 9.17) is 4.74 Å². The molecule has 0 amide bonds. The predicted octanol–water partition coefficient (Wildman–Crippen LogP) is 5.97. The number of aryl methyl sites for hydroxylation is 1. The second-order valence-corrected chi connectivity index (χ2v) is 7.33. The van der Waals surface area contributed by atoms with Crippen molar-refractivity contribution in [2.24, 2.45) is 11.8 Å². The molecule has 1 heterocycles. The van der Waals surface area contributed by atoms with Gasteiger partial charge in [0, 0.05) is 17.6 Å². The maximum absolute atomic E-state index is 13.7. The molecule has 1 aliphatic carbocycles. The molecule has 28 heavy (non-hydrogen) atoms. The van der Waals surface area contributed by atoms with Crippen molar-refractivity contribution in [2.45, 2.75) is 45.7 Å². The molecule has 0 aromatic heterocycles. The molecule has 0 radical (unpaired) electrons. The van der Waals surface area contributed by atoms with Gasteiger partial charge in [0.05, 0.1) is 11.1 Å². The molecule has 0 saturated carbocycles. The van der Waals surface area contributed by atoms with Crippen molar-refractivity contribution in [3.05, 3.63) is 64.6 Å². The van der Waals surface area contributed by atoms with Crippen molar-refractivity contribution in [2.75, 3.05) is 0 Å². The zero-order valence-corrected chi connectivity index (χ0v) is 15.8. The Morgan fingerprint density at radius 3 is 2.61 bits per heavy atom. The van der Waals surface area contributed by atoms with Crippen LogP contribution < -0.4 is 0 Å². The second-order valence-electron chi connectivity index (χ2n) is 7.33. The first-order valence-electron chi connectivity index (χ1n) is 9.47. The second kappa shape index (κ2) is 7.86. The van der Waals surface area contributed by atoms with Crippen LogP contribution in [0.25, 0.3) is 5.57 Å². The van der Waals surface area contributed by atoms with Crippen molar-refractivity contribution < 1.29 is 27.8 Å². The van der Waals surface area contributed by atoms with Crippen LogP contribution in [-0.4, -0.2) is 11.1 Å². The van der Waals surface area contributed by atoms with Crippen LogP contribution in [0.3, 0.4) is 0 Å². The van der Waals surface area contributed by atoms with E-state index < -0.39 is 23.6 Å². The van der Waals surface area contributed by atoms with Crippen LogP contribution in [-0.2, 0) is 22.1 Å². The summed E-state index contributed by atoms with van der Waals surface area (Å²) < 4.78 is 46.4. The van der Waals surface area contributed by atoms with Gasteiger partial charge in [0.15, 0.2) is 0 Å². The van der Waals surface area contributed by atoms with Gasteiger partial charge in [0.2, 0.25) is 0 Å². The number of fused-ring (bicyclic) bond motifs is 1. The Morgan fingerprint density at radius 2 is 1.93 bits per heavy atom. The number of esters is 1. The lowest BCUT2D eigenvalue weighted by molar-refractivity contribution is -0.138. The third kappa shape index (κ3) is 4.16. The summed E-state index contributed by atoms with van der Waals surface area (Å²) in [6, 6.07) is 4.16. The third-order valence-electron chi connectivity index (χ3n) is 5.14. The number of carbonyl (C=O) groups is 1. The molecule has 0 fully saturated rings. The number of carbonyl (C=O) groups excluding carboxylic acids is 1. The molecular formula is C22H23F3O3. The van der Waals surface area contributed by atoms with E-state index in [1.165, 1.54) is 18.2 Å². The van der Waals surface area contributed by atoms with Crippen LogP contribution in [0.4, 0.5) is 13.2 Å². The van der Waals surface area contributed by atoms with Gasteiger partial charge in [-0.05, 0) is 36.5 Å². The lowest BCUT2D eigenvalue weighted by Gasteiger charge is -2.30. The van der Waals surface area contributed by atoms with Gasteiger partial charge in [-0.3, -0.25) is 0 Å². The van der Waals surface area contributed by atoms with Crippen LogP contribution in [0.15, 0.2) is 47.9 Å². The fraction of sp³-hybridized carbons (Fsp3) is 0.409. The SMILES string of the molecule is CCCCCc1ccc(C2=CC3C(=CC(O)=CC3C)OC2=O)c(C(F)(F)F)c1. The van der Waals surface area contributed by atoms with Crippen LogP contribution in [0.1, 0.15) is 49.8 Å². The van der Waals surface area contributed by atoms with Gasteiger partial charge < -0.3 is 9.84 Å². The van der Waals surface area contributed by atoms with E-state index >= 15 is 0 Å². The normalized spacial score (nSPS) is 22.0. The maximum Gasteiger partial charge on any atom is 0.417 e. The highest BCUT2D eigenvalue weighted by Gasteiger charge is 2.39. The molecular weight excluding hydrogens is 369 g/mol. The number of benzene rings is 1. The number of unbranched alkanes of at least 4 members (excludes halogenated alkanes) is 2. The molecule has 1 aliphatic heterocycles. The molecule has 2 aliphatic rings. The van der Waals surface area contributed by atoms with Crippen molar-refractivity contribution >= 4 is 11.5 Å². The van der Waals surface area contributed by atoms with E-state index in [2.05, 4.69) is 0 Å².